The van der Waals surface area contributed by atoms with Gasteiger partial charge in [0.15, 0.2) is 0 Å². The van der Waals surface area contributed by atoms with E-state index in [1.165, 1.54) is 30.0 Å². The van der Waals surface area contributed by atoms with Gasteiger partial charge in [-0.3, -0.25) is 4.79 Å². The first-order valence-electron chi connectivity index (χ1n) is 4.58. The minimum Gasteiger partial charge on any atom is -0.481 e. The Balaban J connectivity index is 3.90. The highest BCUT2D eigenvalue weighted by atomic mass is 32.2. The summed E-state index contributed by atoms with van der Waals surface area (Å²) >= 11 is 1.33. The van der Waals surface area contributed by atoms with Crippen LogP contribution >= 0.6 is 11.8 Å². The molecule has 2 nitrogen and oxygen atoms in total. The van der Waals surface area contributed by atoms with E-state index in [1.54, 1.807) is 6.92 Å². The van der Waals surface area contributed by atoms with E-state index in [2.05, 4.69) is 6.58 Å². The standard InChI is InChI=1S/C11H15FO2S/c1-3-4-6-10(12)9(2)15-8-5-7-11(13)14/h3-4,6H,1,5,7-8H2,2H3,(H,13,14)/b6-4-,10-9-. The van der Waals surface area contributed by atoms with Crippen LogP contribution in [-0.4, -0.2) is 16.8 Å². The zero-order chi connectivity index (χ0) is 11.7. The fraction of sp³-hybridized carbons (Fsp3) is 0.364. The lowest BCUT2D eigenvalue weighted by atomic mass is 10.3. The molecule has 4 heteroatoms. The van der Waals surface area contributed by atoms with Gasteiger partial charge in [-0.15, -0.1) is 11.8 Å². The van der Waals surface area contributed by atoms with Crippen molar-refractivity contribution in [3.8, 4) is 0 Å². The molecule has 0 aromatic carbocycles. The number of thioether (sulfide) groups is 1. The molecule has 15 heavy (non-hydrogen) atoms. The predicted molar refractivity (Wildman–Crippen MR) is 62.5 cm³/mol. The molecule has 0 aromatic heterocycles. The third-order valence-electron chi connectivity index (χ3n) is 1.57. The number of hydrogen-bond donors (Lipinski definition) is 1. The summed E-state index contributed by atoms with van der Waals surface area (Å²) in [7, 11) is 0. The van der Waals surface area contributed by atoms with Crippen molar-refractivity contribution in [2.45, 2.75) is 19.8 Å². The molecule has 0 saturated heterocycles. The second kappa shape index (κ2) is 8.29. The molecular weight excluding hydrogens is 215 g/mol. The molecular formula is C11H15FO2S. The first-order chi connectivity index (χ1) is 7.07. The van der Waals surface area contributed by atoms with Crippen molar-refractivity contribution < 1.29 is 14.3 Å². The summed E-state index contributed by atoms with van der Waals surface area (Å²) in [5.41, 5.74) is 0. The number of carboxylic acids is 1. The van der Waals surface area contributed by atoms with Gasteiger partial charge >= 0.3 is 5.97 Å². The van der Waals surface area contributed by atoms with Gasteiger partial charge in [0.25, 0.3) is 0 Å². The fourth-order valence-electron chi connectivity index (χ4n) is 0.787. The Hall–Kier alpha value is -1.03. The number of hydrogen-bond acceptors (Lipinski definition) is 2. The summed E-state index contributed by atoms with van der Waals surface area (Å²) in [6.45, 7) is 5.11. The molecule has 0 aliphatic heterocycles. The van der Waals surface area contributed by atoms with E-state index in [9.17, 15) is 9.18 Å². The van der Waals surface area contributed by atoms with Crippen LogP contribution in [0.3, 0.4) is 0 Å². The topological polar surface area (TPSA) is 37.3 Å². The number of halogens is 1. The Morgan fingerprint density at radius 3 is 2.80 bits per heavy atom. The molecule has 0 heterocycles. The molecule has 0 spiro atoms. The molecule has 0 fully saturated rings. The van der Waals surface area contributed by atoms with Crippen molar-refractivity contribution in [3.63, 3.8) is 0 Å². The van der Waals surface area contributed by atoms with Gasteiger partial charge in [-0.25, -0.2) is 4.39 Å². The largest absolute Gasteiger partial charge is 0.481 e. The molecule has 1 N–H and O–H groups in total. The summed E-state index contributed by atoms with van der Waals surface area (Å²) in [6, 6.07) is 0. The molecule has 0 aromatic rings. The third kappa shape index (κ3) is 8.00. The number of aliphatic carboxylic acids is 1. The number of rotatable bonds is 7. The summed E-state index contributed by atoms with van der Waals surface area (Å²) in [4.78, 5) is 10.8. The Morgan fingerprint density at radius 2 is 2.27 bits per heavy atom. The maximum Gasteiger partial charge on any atom is 0.303 e. The SMILES string of the molecule is C=C/C=C\C(F)=C(/C)SCCCC(=O)O. The highest BCUT2D eigenvalue weighted by molar-refractivity contribution is 8.03. The smallest absolute Gasteiger partial charge is 0.303 e. The molecule has 0 unspecified atom stereocenters. The lowest BCUT2D eigenvalue weighted by Gasteiger charge is -2.00. The van der Waals surface area contributed by atoms with Crippen LogP contribution in [0.2, 0.25) is 0 Å². The fourth-order valence-corrected chi connectivity index (χ4v) is 1.59. The van der Waals surface area contributed by atoms with Gasteiger partial charge in [-0.05, 0) is 25.2 Å². The van der Waals surface area contributed by atoms with Crippen LogP contribution < -0.4 is 0 Å². The van der Waals surface area contributed by atoms with Crippen LogP contribution in [-0.2, 0) is 4.79 Å². The van der Waals surface area contributed by atoms with Crippen LogP contribution in [0.1, 0.15) is 19.8 Å². The van der Waals surface area contributed by atoms with Gasteiger partial charge in [0.2, 0.25) is 0 Å². The summed E-state index contributed by atoms with van der Waals surface area (Å²) < 4.78 is 13.2. The normalized spacial score (nSPS) is 12.7. The van der Waals surface area contributed by atoms with Gasteiger partial charge in [0, 0.05) is 11.3 Å². The average molecular weight is 230 g/mol. The molecule has 0 rings (SSSR count). The molecule has 0 aliphatic carbocycles. The van der Waals surface area contributed by atoms with Gasteiger partial charge in [-0.1, -0.05) is 18.7 Å². The van der Waals surface area contributed by atoms with E-state index in [-0.39, 0.29) is 12.2 Å². The van der Waals surface area contributed by atoms with Crippen molar-refractivity contribution in [2.75, 3.05) is 5.75 Å². The Labute approximate surface area is 93.6 Å². The number of carbonyl (C=O) groups is 1. The maximum atomic E-state index is 13.2. The van der Waals surface area contributed by atoms with Crippen LogP contribution in [0.4, 0.5) is 4.39 Å². The monoisotopic (exact) mass is 230 g/mol. The van der Waals surface area contributed by atoms with E-state index in [0.717, 1.165) is 0 Å². The first kappa shape index (κ1) is 14.0. The maximum absolute atomic E-state index is 13.2. The highest BCUT2D eigenvalue weighted by Crippen LogP contribution is 2.22. The van der Waals surface area contributed by atoms with E-state index < -0.39 is 5.97 Å². The minimum atomic E-state index is -0.816. The van der Waals surface area contributed by atoms with Crippen LogP contribution in [0.25, 0.3) is 0 Å². The van der Waals surface area contributed by atoms with E-state index in [0.29, 0.717) is 17.1 Å². The quantitative estimate of drug-likeness (QED) is 0.537. The Kier molecular flexibility index (Phi) is 7.72. The molecule has 0 bridgehead atoms. The second-order valence-corrected chi connectivity index (χ2v) is 4.15. The molecule has 0 amide bonds. The minimum absolute atomic E-state index is 0.129. The predicted octanol–water partition coefficient (Wildman–Crippen LogP) is 3.53. The van der Waals surface area contributed by atoms with Crippen molar-refractivity contribution >= 4 is 17.7 Å². The van der Waals surface area contributed by atoms with Gasteiger partial charge < -0.3 is 5.11 Å². The lowest BCUT2D eigenvalue weighted by molar-refractivity contribution is -0.137. The van der Waals surface area contributed by atoms with Gasteiger partial charge in [0.1, 0.15) is 5.83 Å². The van der Waals surface area contributed by atoms with E-state index >= 15 is 0 Å². The molecule has 0 saturated carbocycles. The van der Waals surface area contributed by atoms with Gasteiger partial charge in [0.05, 0.1) is 0 Å². The van der Waals surface area contributed by atoms with Crippen molar-refractivity contribution in [2.24, 2.45) is 0 Å². The summed E-state index contributed by atoms with van der Waals surface area (Å²) in [5.74, 6) is -0.493. The Morgan fingerprint density at radius 1 is 1.60 bits per heavy atom. The van der Waals surface area contributed by atoms with E-state index in [1.807, 2.05) is 0 Å². The zero-order valence-electron chi connectivity index (χ0n) is 8.70. The van der Waals surface area contributed by atoms with Crippen molar-refractivity contribution in [3.05, 3.63) is 35.5 Å². The first-order valence-corrected chi connectivity index (χ1v) is 5.56. The number of allylic oxidation sites excluding steroid dienone is 5. The summed E-state index contributed by atoms with van der Waals surface area (Å²) in [5, 5.41) is 8.39. The molecule has 0 aliphatic rings. The van der Waals surface area contributed by atoms with E-state index in [4.69, 9.17) is 5.11 Å². The highest BCUT2D eigenvalue weighted by Gasteiger charge is 2.00. The molecule has 0 atom stereocenters. The van der Waals surface area contributed by atoms with Crippen LogP contribution in [0.15, 0.2) is 35.5 Å². The molecule has 0 radical (unpaired) electrons. The van der Waals surface area contributed by atoms with Crippen LogP contribution in [0.5, 0.6) is 0 Å². The van der Waals surface area contributed by atoms with Gasteiger partial charge in [-0.2, -0.15) is 0 Å². The van der Waals surface area contributed by atoms with Crippen LogP contribution in [0, 0.1) is 0 Å². The second-order valence-electron chi connectivity index (χ2n) is 2.84. The summed E-state index contributed by atoms with van der Waals surface area (Å²) in [6.07, 6.45) is 5.05. The third-order valence-corrected chi connectivity index (χ3v) is 2.69. The van der Waals surface area contributed by atoms with Crippen molar-refractivity contribution in [1.29, 1.82) is 0 Å². The van der Waals surface area contributed by atoms with Crippen molar-refractivity contribution in [1.82, 2.24) is 0 Å². The number of carboxylic acid groups (broad SMARTS) is 1. The average Bonchev–Trinajstić information content (AvgIpc) is 2.20. The Bertz CT molecular complexity index is 282. The zero-order valence-corrected chi connectivity index (χ0v) is 9.52. The molecule has 84 valence electrons. The lowest BCUT2D eigenvalue weighted by Crippen LogP contribution is -1.94.